The van der Waals surface area contributed by atoms with E-state index in [4.69, 9.17) is 19.4 Å². The average Bonchev–Trinajstić information content (AvgIpc) is 3.64. The fraction of sp³-hybridized carbons (Fsp3) is 0. The summed E-state index contributed by atoms with van der Waals surface area (Å²) >= 11 is 0. The van der Waals surface area contributed by atoms with Gasteiger partial charge in [-0.2, -0.15) is 0 Å². The van der Waals surface area contributed by atoms with Gasteiger partial charge in [-0.05, 0) is 84.9 Å². The van der Waals surface area contributed by atoms with E-state index in [2.05, 4.69) is 164 Å². The molecule has 0 spiro atoms. The minimum absolute atomic E-state index is 0.558. The summed E-state index contributed by atoms with van der Waals surface area (Å²) in [5, 5.41) is 9.14. The Kier molecular flexibility index (Phi) is 7.14. The van der Waals surface area contributed by atoms with Gasteiger partial charge in [0.25, 0.3) is 0 Å². The van der Waals surface area contributed by atoms with Gasteiger partial charge in [0.1, 0.15) is 11.2 Å². The van der Waals surface area contributed by atoms with Crippen LogP contribution in [0.4, 0.5) is 0 Å². The monoisotopic (exact) mass is 701 g/mol. The molecular formula is C51H31N3O. The molecule has 0 unspecified atom stereocenters. The first-order valence-electron chi connectivity index (χ1n) is 18.5. The summed E-state index contributed by atoms with van der Waals surface area (Å²) in [6.45, 7) is 0. The van der Waals surface area contributed by atoms with E-state index in [1.165, 1.54) is 27.1 Å². The van der Waals surface area contributed by atoms with E-state index < -0.39 is 0 Å². The highest BCUT2D eigenvalue weighted by atomic mass is 16.3. The number of benzene rings is 9. The van der Waals surface area contributed by atoms with Gasteiger partial charge in [0.05, 0.1) is 5.56 Å². The molecule has 4 heteroatoms. The van der Waals surface area contributed by atoms with Crippen LogP contribution in [0.1, 0.15) is 0 Å². The fourth-order valence-corrected chi connectivity index (χ4v) is 8.07. The predicted octanol–water partition coefficient (Wildman–Crippen LogP) is 13.6. The summed E-state index contributed by atoms with van der Waals surface area (Å²) in [7, 11) is 0. The Morgan fingerprint density at radius 2 is 0.836 bits per heavy atom. The molecule has 0 saturated heterocycles. The zero-order chi connectivity index (χ0) is 36.3. The Labute approximate surface area is 317 Å². The Bertz CT molecular complexity index is 3280. The maximum Gasteiger partial charge on any atom is 0.167 e. The largest absolute Gasteiger partial charge is 0.455 e. The maximum atomic E-state index is 6.51. The molecule has 0 radical (unpaired) electrons. The predicted molar refractivity (Wildman–Crippen MR) is 227 cm³/mol. The Morgan fingerprint density at radius 3 is 1.71 bits per heavy atom. The molecule has 0 aliphatic carbocycles. The molecule has 0 amide bonds. The maximum absolute atomic E-state index is 6.51. The Hall–Kier alpha value is -7.43. The summed E-state index contributed by atoms with van der Waals surface area (Å²) in [6.07, 6.45) is 0. The third-order valence-electron chi connectivity index (χ3n) is 10.7. The summed E-state index contributed by atoms with van der Waals surface area (Å²) in [4.78, 5) is 15.7. The van der Waals surface area contributed by atoms with Crippen molar-refractivity contribution < 1.29 is 4.42 Å². The first-order chi connectivity index (χ1) is 27.2. The lowest BCUT2D eigenvalue weighted by Gasteiger charge is -2.14. The highest BCUT2D eigenvalue weighted by molar-refractivity contribution is 6.09. The molecule has 0 aliphatic rings. The SMILES string of the molecule is c1cc(-c2nc(-c3ccc(-c4ccc5ccccc5c4)c4ccccc34)nc(-c3cccc4c3oc3ccccc34)n2)cc(-c2cccc3ccccc23)c1. The van der Waals surface area contributed by atoms with Crippen LogP contribution in [0.15, 0.2) is 192 Å². The van der Waals surface area contributed by atoms with Crippen LogP contribution in [-0.4, -0.2) is 15.0 Å². The quantitative estimate of drug-likeness (QED) is 0.179. The van der Waals surface area contributed by atoms with E-state index in [1.54, 1.807) is 0 Å². The number of para-hydroxylation sites is 2. The number of rotatable bonds is 5. The van der Waals surface area contributed by atoms with Crippen molar-refractivity contribution in [3.63, 3.8) is 0 Å². The van der Waals surface area contributed by atoms with Gasteiger partial charge in [-0.1, -0.05) is 158 Å². The number of fused-ring (bicyclic) bond motifs is 6. The Morgan fingerprint density at radius 1 is 0.291 bits per heavy atom. The lowest BCUT2D eigenvalue weighted by molar-refractivity contribution is 0.669. The topological polar surface area (TPSA) is 51.8 Å². The Balaban J connectivity index is 1.13. The van der Waals surface area contributed by atoms with Gasteiger partial charge < -0.3 is 4.42 Å². The van der Waals surface area contributed by atoms with E-state index in [0.29, 0.717) is 17.5 Å². The third kappa shape index (κ3) is 5.26. The molecular weight excluding hydrogens is 671 g/mol. The van der Waals surface area contributed by atoms with Crippen LogP contribution in [-0.2, 0) is 0 Å². The first-order valence-corrected chi connectivity index (χ1v) is 18.5. The van der Waals surface area contributed by atoms with E-state index >= 15 is 0 Å². The lowest BCUT2D eigenvalue weighted by atomic mass is 9.93. The van der Waals surface area contributed by atoms with Crippen molar-refractivity contribution in [3.8, 4) is 56.4 Å². The molecule has 2 aromatic heterocycles. The molecule has 0 atom stereocenters. The van der Waals surface area contributed by atoms with Gasteiger partial charge in [0, 0.05) is 21.9 Å². The van der Waals surface area contributed by atoms with E-state index in [1.807, 2.05) is 24.3 Å². The lowest BCUT2D eigenvalue weighted by Crippen LogP contribution is -2.01. The van der Waals surface area contributed by atoms with Crippen molar-refractivity contribution in [1.29, 1.82) is 0 Å². The van der Waals surface area contributed by atoms with Crippen molar-refractivity contribution in [3.05, 3.63) is 188 Å². The molecule has 0 saturated carbocycles. The van der Waals surface area contributed by atoms with Gasteiger partial charge in [-0.3, -0.25) is 0 Å². The van der Waals surface area contributed by atoms with Gasteiger partial charge in [-0.15, -0.1) is 0 Å². The highest BCUT2D eigenvalue weighted by Gasteiger charge is 2.20. The van der Waals surface area contributed by atoms with Gasteiger partial charge in [0.2, 0.25) is 0 Å². The summed E-state index contributed by atoms with van der Waals surface area (Å²) in [6, 6.07) is 65.9. The molecule has 0 bridgehead atoms. The van der Waals surface area contributed by atoms with E-state index in [-0.39, 0.29) is 0 Å². The van der Waals surface area contributed by atoms with Gasteiger partial charge in [0.15, 0.2) is 17.5 Å². The molecule has 11 aromatic rings. The number of hydrogen-bond donors (Lipinski definition) is 0. The molecule has 55 heavy (non-hydrogen) atoms. The molecule has 4 nitrogen and oxygen atoms in total. The molecule has 2 heterocycles. The van der Waals surface area contributed by atoms with E-state index in [0.717, 1.165) is 66.1 Å². The summed E-state index contributed by atoms with van der Waals surface area (Å²) < 4.78 is 6.51. The van der Waals surface area contributed by atoms with Crippen LogP contribution in [0.3, 0.4) is 0 Å². The minimum Gasteiger partial charge on any atom is -0.455 e. The highest BCUT2D eigenvalue weighted by Crippen LogP contribution is 2.39. The number of aromatic nitrogens is 3. The second kappa shape index (κ2) is 12.6. The zero-order valence-electron chi connectivity index (χ0n) is 29.6. The number of hydrogen-bond acceptors (Lipinski definition) is 4. The van der Waals surface area contributed by atoms with Crippen LogP contribution in [0, 0.1) is 0 Å². The van der Waals surface area contributed by atoms with Crippen LogP contribution < -0.4 is 0 Å². The van der Waals surface area contributed by atoms with Gasteiger partial charge >= 0.3 is 0 Å². The first kappa shape index (κ1) is 31.1. The standard InChI is InChI=1S/C51H31N3O/c1-2-14-34-30-36(27-26-32(34)12-1)40-28-29-45(42-20-6-5-19-41(40)42)50-52-49(37-17-9-16-35(31-37)39-22-10-15-33-13-3-4-18-38(33)39)53-51(54-50)46-24-11-23-44-43-21-7-8-25-47(43)55-48(44)46/h1-31H. The third-order valence-corrected chi connectivity index (χ3v) is 10.7. The second-order valence-corrected chi connectivity index (χ2v) is 14.0. The molecule has 256 valence electrons. The summed E-state index contributed by atoms with van der Waals surface area (Å²) in [5.41, 5.74) is 8.84. The normalized spacial score (nSPS) is 11.6. The zero-order valence-corrected chi connectivity index (χ0v) is 29.6. The van der Waals surface area contributed by atoms with Crippen LogP contribution in [0.5, 0.6) is 0 Å². The molecule has 0 fully saturated rings. The molecule has 0 N–H and O–H groups in total. The van der Waals surface area contributed by atoms with Crippen molar-refractivity contribution in [1.82, 2.24) is 15.0 Å². The van der Waals surface area contributed by atoms with E-state index in [9.17, 15) is 0 Å². The van der Waals surface area contributed by atoms with Crippen molar-refractivity contribution in [2.24, 2.45) is 0 Å². The van der Waals surface area contributed by atoms with Crippen molar-refractivity contribution in [2.45, 2.75) is 0 Å². The summed E-state index contributed by atoms with van der Waals surface area (Å²) in [5.74, 6) is 1.76. The van der Waals surface area contributed by atoms with Crippen LogP contribution in [0.2, 0.25) is 0 Å². The van der Waals surface area contributed by atoms with Crippen molar-refractivity contribution in [2.75, 3.05) is 0 Å². The minimum atomic E-state index is 0.558. The second-order valence-electron chi connectivity index (χ2n) is 14.0. The average molecular weight is 702 g/mol. The van der Waals surface area contributed by atoms with Crippen LogP contribution in [0.25, 0.3) is 111 Å². The van der Waals surface area contributed by atoms with Crippen LogP contribution >= 0.6 is 0 Å². The molecule has 9 aromatic carbocycles. The molecule has 0 aliphatic heterocycles. The smallest absolute Gasteiger partial charge is 0.167 e. The molecule has 11 rings (SSSR count). The number of nitrogens with zero attached hydrogens (tertiary/aromatic N) is 3. The fourth-order valence-electron chi connectivity index (χ4n) is 8.07. The number of furan rings is 1. The van der Waals surface area contributed by atoms with Gasteiger partial charge in [-0.25, -0.2) is 15.0 Å². The van der Waals surface area contributed by atoms with Crippen molar-refractivity contribution >= 4 is 54.3 Å².